The van der Waals surface area contributed by atoms with Crippen LogP contribution in [0.25, 0.3) is 11.2 Å². The van der Waals surface area contributed by atoms with Gasteiger partial charge in [-0.25, -0.2) is 4.98 Å². The number of imidazole rings is 1. The summed E-state index contributed by atoms with van der Waals surface area (Å²) in [4.78, 5) is 12.7. The Kier molecular flexibility index (Phi) is 3.19. The Balaban J connectivity index is 2.07. The minimum atomic E-state index is -0.198. The number of aromatic nitrogens is 4. The molecule has 2 aromatic heterocycles. The van der Waals surface area contributed by atoms with Gasteiger partial charge in [0.1, 0.15) is 6.23 Å². The molecule has 1 unspecified atom stereocenters. The SMILES string of the molecule is CNc1nc(N)nc2c1ncn2C1O[C@H](CO)C[C@@H]1C. The van der Waals surface area contributed by atoms with Crippen molar-refractivity contribution in [2.75, 3.05) is 24.7 Å². The zero-order chi connectivity index (χ0) is 14.3. The summed E-state index contributed by atoms with van der Waals surface area (Å²) in [5, 5.41) is 12.2. The van der Waals surface area contributed by atoms with Crippen LogP contribution in [0.15, 0.2) is 6.33 Å². The van der Waals surface area contributed by atoms with E-state index in [0.717, 1.165) is 6.42 Å². The number of hydrogen-bond acceptors (Lipinski definition) is 7. The summed E-state index contributed by atoms with van der Waals surface area (Å²) in [6, 6.07) is 0. The largest absolute Gasteiger partial charge is 0.394 e. The third-order valence-corrected chi connectivity index (χ3v) is 3.61. The monoisotopic (exact) mass is 278 g/mol. The number of aliphatic hydroxyl groups is 1. The summed E-state index contributed by atoms with van der Waals surface area (Å²) in [5.41, 5.74) is 7.02. The van der Waals surface area contributed by atoms with Crippen LogP contribution in [0.3, 0.4) is 0 Å². The smallest absolute Gasteiger partial charge is 0.224 e. The van der Waals surface area contributed by atoms with Gasteiger partial charge in [0.05, 0.1) is 19.0 Å². The first-order valence-corrected chi connectivity index (χ1v) is 6.58. The lowest BCUT2D eigenvalue weighted by molar-refractivity contribution is -0.0294. The molecule has 0 saturated carbocycles. The van der Waals surface area contributed by atoms with Crippen LogP contribution < -0.4 is 11.1 Å². The number of nitrogen functional groups attached to an aromatic ring is 1. The highest BCUT2D eigenvalue weighted by Gasteiger charge is 2.34. The normalized spacial score (nSPS) is 26.2. The van der Waals surface area contributed by atoms with Crippen molar-refractivity contribution in [3.63, 3.8) is 0 Å². The lowest BCUT2D eigenvalue weighted by Crippen LogP contribution is -2.15. The van der Waals surface area contributed by atoms with Gasteiger partial charge in [-0.2, -0.15) is 9.97 Å². The summed E-state index contributed by atoms with van der Waals surface area (Å²) >= 11 is 0. The van der Waals surface area contributed by atoms with Crippen LogP contribution in [0.4, 0.5) is 11.8 Å². The number of anilines is 2. The predicted octanol–water partition coefficient (Wildman–Crippen LogP) is 0.366. The maximum absolute atomic E-state index is 9.23. The molecule has 1 fully saturated rings. The van der Waals surface area contributed by atoms with Crippen molar-refractivity contribution in [1.82, 2.24) is 19.5 Å². The second-order valence-corrected chi connectivity index (χ2v) is 5.05. The number of rotatable bonds is 3. The lowest BCUT2D eigenvalue weighted by atomic mass is 10.1. The zero-order valence-corrected chi connectivity index (χ0v) is 11.4. The highest BCUT2D eigenvalue weighted by Crippen LogP contribution is 2.36. The Morgan fingerprint density at radius 1 is 1.55 bits per heavy atom. The van der Waals surface area contributed by atoms with Crippen molar-refractivity contribution in [2.45, 2.75) is 25.7 Å². The number of nitrogens with one attached hydrogen (secondary N) is 1. The fraction of sp³-hybridized carbons (Fsp3) is 0.583. The van der Waals surface area contributed by atoms with Gasteiger partial charge in [-0.3, -0.25) is 4.57 Å². The maximum Gasteiger partial charge on any atom is 0.224 e. The number of nitrogens with zero attached hydrogens (tertiary/aromatic N) is 4. The molecule has 20 heavy (non-hydrogen) atoms. The summed E-state index contributed by atoms with van der Waals surface area (Å²) in [6.45, 7) is 2.10. The van der Waals surface area contributed by atoms with Crippen LogP contribution >= 0.6 is 0 Å². The van der Waals surface area contributed by atoms with Gasteiger partial charge in [0.25, 0.3) is 0 Å². The van der Waals surface area contributed by atoms with Crippen LogP contribution in [-0.4, -0.2) is 44.4 Å². The van der Waals surface area contributed by atoms with Crippen molar-refractivity contribution in [3.8, 4) is 0 Å². The maximum atomic E-state index is 9.23. The van der Waals surface area contributed by atoms with E-state index in [1.165, 1.54) is 0 Å². The number of ether oxygens (including phenoxy) is 1. The minimum absolute atomic E-state index is 0.0202. The Bertz CT molecular complexity index is 628. The second-order valence-electron chi connectivity index (χ2n) is 5.05. The van der Waals surface area contributed by atoms with Gasteiger partial charge >= 0.3 is 0 Å². The molecule has 3 rings (SSSR count). The first-order chi connectivity index (χ1) is 9.63. The quantitative estimate of drug-likeness (QED) is 0.743. The lowest BCUT2D eigenvalue weighted by Gasteiger charge is -2.17. The molecule has 108 valence electrons. The molecule has 1 aliphatic rings. The molecular formula is C12H18N6O2. The molecule has 2 aromatic rings. The molecule has 0 aliphatic carbocycles. The number of aliphatic hydroxyl groups excluding tert-OH is 1. The third-order valence-electron chi connectivity index (χ3n) is 3.61. The van der Waals surface area contributed by atoms with Crippen molar-refractivity contribution in [2.24, 2.45) is 5.92 Å². The van der Waals surface area contributed by atoms with Crippen LogP contribution in [0.1, 0.15) is 19.6 Å². The molecule has 0 bridgehead atoms. The predicted molar refractivity (Wildman–Crippen MR) is 74.1 cm³/mol. The molecule has 0 radical (unpaired) electrons. The van der Waals surface area contributed by atoms with E-state index in [1.54, 1.807) is 13.4 Å². The molecule has 1 saturated heterocycles. The standard InChI is InChI=1S/C12H18N6O2/c1-6-3-7(4-19)20-11(6)18-5-15-8-9(14-2)16-12(13)17-10(8)18/h5-7,11,19H,3-4H2,1-2H3,(H3,13,14,16,17)/t6-,7-,11?/m0/s1. The highest BCUT2D eigenvalue weighted by atomic mass is 16.5. The van der Waals surface area contributed by atoms with Gasteiger partial charge in [-0.1, -0.05) is 6.92 Å². The molecule has 0 amide bonds. The molecule has 8 heteroatoms. The topological polar surface area (TPSA) is 111 Å². The molecule has 3 atom stereocenters. The molecule has 1 aliphatic heterocycles. The Labute approximate surface area is 116 Å². The van der Waals surface area contributed by atoms with E-state index < -0.39 is 0 Å². The van der Waals surface area contributed by atoms with E-state index in [2.05, 4.69) is 27.2 Å². The molecule has 8 nitrogen and oxygen atoms in total. The zero-order valence-electron chi connectivity index (χ0n) is 11.4. The first-order valence-electron chi connectivity index (χ1n) is 6.58. The van der Waals surface area contributed by atoms with Gasteiger partial charge in [-0.05, 0) is 6.42 Å². The van der Waals surface area contributed by atoms with Crippen LogP contribution in [0.5, 0.6) is 0 Å². The highest BCUT2D eigenvalue weighted by molar-refractivity contribution is 5.84. The van der Waals surface area contributed by atoms with Crippen LogP contribution in [0, 0.1) is 5.92 Å². The van der Waals surface area contributed by atoms with Crippen LogP contribution in [0.2, 0.25) is 0 Å². The Morgan fingerprint density at radius 2 is 2.35 bits per heavy atom. The first kappa shape index (κ1) is 13.1. The van der Waals surface area contributed by atoms with E-state index in [9.17, 15) is 5.11 Å². The Morgan fingerprint density at radius 3 is 3.00 bits per heavy atom. The van der Waals surface area contributed by atoms with E-state index in [1.807, 2.05) is 4.57 Å². The van der Waals surface area contributed by atoms with Crippen molar-refractivity contribution in [1.29, 1.82) is 0 Å². The van der Waals surface area contributed by atoms with Gasteiger partial charge in [0, 0.05) is 13.0 Å². The third kappa shape index (κ3) is 1.97. The van der Waals surface area contributed by atoms with Gasteiger partial charge in [-0.15, -0.1) is 0 Å². The fourth-order valence-electron chi connectivity index (χ4n) is 2.67. The summed E-state index contributed by atoms with van der Waals surface area (Å²) < 4.78 is 7.70. The van der Waals surface area contributed by atoms with E-state index in [0.29, 0.717) is 17.0 Å². The van der Waals surface area contributed by atoms with Gasteiger partial charge in [0.2, 0.25) is 5.95 Å². The van der Waals surface area contributed by atoms with Crippen molar-refractivity contribution < 1.29 is 9.84 Å². The summed E-state index contributed by atoms with van der Waals surface area (Å²) in [6.07, 6.45) is 2.15. The molecular weight excluding hydrogens is 260 g/mol. The number of nitrogens with two attached hydrogens (primary N) is 1. The van der Waals surface area contributed by atoms with Gasteiger partial charge < -0.3 is 20.9 Å². The van der Waals surface area contributed by atoms with Crippen LogP contribution in [-0.2, 0) is 4.74 Å². The van der Waals surface area contributed by atoms with E-state index >= 15 is 0 Å². The molecule has 0 spiro atoms. The minimum Gasteiger partial charge on any atom is -0.394 e. The average Bonchev–Trinajstić information content (AvgIpc) is 3.00. The summed E-state index contributed by atoms with van der Waals surface area (Å²) in [7, 11) is 1.76. The van der Waals surface area contributed by atoms with Crippen molar-refractivity contribution >= 4 is 22.9 Å². The fourth-order valence-corrected chi connectivity index (χ4v) is 2.67. The van der Waals surface area contributed by atoms with Gasteiger partial charge in [0.15, 0.2) is 17.0 Å². The second kappa shape index (κ2) is 4.88. The molecule has 0 aromatic carbocycles. The average molecular weight is 278 g/mol. The number of fused-ring (bicyclic) bond motifs is 1. The summed E-state index contributed by atoms with van der Waals surface area (Å²) in [5.74, 6) is 1.04. The van der Waals surface area contributed by atoms with Crippen molar-refractivity contribution in [3.05, 3.63) is 6.33 Å². The molecule has 4 N–H and O–H groups in total. The Hall–Kier alpha value is -1.93. The molecule has 3 heterocycles. The van der Waals surface area contributed by atoms with E-state index in [-0.39, 0.29) is 30.8 Å². The van der Waals surface area contributed by atoms with E-state index in [4.69, 9.17) is 10.5 Å². The number of hydrogen-bond donors (Lipinski definition) is 3.